The standard InChI is InChI=1S/C16H20N4O3S/c1-10-14-15(20(2)19-10)18-16(24-14)17-8-11(21)9-23-13-6-4-5-12(7-13)22-3/h4-7,11,21H,8-9H2,1-3H3,(H,17,18). The van der Waals surface area contributed by atoms with Crippen molar-refractivity contribution in [2.45, 2.75) is 13.0 Å². The van der Waals surface area contributed by atoms with Crippen molar-refractivity contribution in [1.82, 2.24) is 14.8 Å². The lowest BCUT2D eigenvalue weighted by molar-refractivity contribution is 0.117. The molecule has 0 aliphatic rings. The van der Waals surface area contributed by atoms with Crippen LogP contribution in [0.25, 0.3) is 10.3 Å². The van der Waals surface area contributed by atoms with E-state index >= 15 is 0 Å². The molecule has 0 aliphatic carbocycles. The third-order valence-corrected chi connectivity index (χ3v) is 4.63. The lowest BCUT2D eigenvalue weighted by Crippen LogP contribution is -2.26. The molecule has 1 atom stereocenters. The number of fused-ring (bicyclic) bond motifs is 1. The van der Waals surface area contributed by atoms with Crippen LogP contribution in [0.3, 0.4) is 0 Å². The molecule has 7 nitrogen and oxygen atoms in total. The van der Waals surface area contributed by atoms with Gasteiger partial charge in [-0.05, 0) is 19.1 Å². The quantitative estimate of drug-likeness (QED) is 0.681. The topological polar surface area (TPSA) is 81.4 Å². The fourth-order valence-corrected chi connectivity index (χ4v) is 3.25. The number of aliphatic hydroxyl groups is 1. The number of aromatic nitrogens is 3. The molecule has 0 radical (unpaired) electrons. The van der Waals surface area contributed by atoms with Gasteiger partial charge >= 0.3 is 0 Å². The average molecular weight is 348 g/mol. The second kappa shape index (κ2) is 7.06. The van der Waals surface area contributed by atoms with Gasteiger partial charge in [-0.1, -0.05) is 17.4 Å². The van der Waals surface area contributed by atoms with Crippen molar-refractivity contribution >= 4 is 26.8 Å². The lowest BCUT2D eigenvalue weighted by Gasteiger charge is -2.13. The SMILES string of the molecule is COc1cccc(OCC(O)CNc2nc3c(s2)c(C)nn3C)c1. The molecule has 1 aromatic carbocycles. The molecule has 1 unspecified atom stereocenters. The number of anilines is 1. The van der Waals surface area contributed by atoms with Crippen molar-refractivity contribution in [2.24, 2.45) is 7.05 Å². The zero-order valence-electron chi connectivity index (χ0n) is 13.8. The number of hydrogen-bond donors (Lipinski definition) is 2. The highest BCUT2D eigenvalue weighted by atomic mass is 32.1. The summed E-state index contributed by atoms with van der Waals surface area (Å²) < 4.78 is 13.5. The number of rotatable bonds is 7. The molecule has 0 saturated heterocycles. The van der Waals surface area contributed by atoms with E-state index in [1.165, 1.54) is 11.3 Å². The number of aryl methyl sites for hydroxylation is 2. The van der Waals surface area contributed by atoms with E-state index in [0.29, 0.717) is 12.3 Å². The zero-order valence-corrected chi connectivity index (χ0v) is 14.6. The van der Waals surface area contributed by atoms with E-state index in [9.17, 15) is 5.11 Å². The van der Waals surface area contributed by atoms with Crippen molar-refractivity contribution in [2.75, 3.05) is 25.6 Å². The molecular weight excluding hydrogens is 328 g/mol. The summed E-state index contributed by atoms with van der Waals surface area (Å²) in [5.41, 5.74) is 1.81. The summed E-state index contributed by atoms with van der Waals surface area (Å²) in [5.74, 6) is 1.38. The highest BCUT2D eigenvalue weighted by molar-refractivity contribution is 7.22. The summed E-state index contributed by atoms with van der Waals surface area (Å²) in [6.07, 6.45) is -0.651. The maximum Gasteiger partial charge on any atom is 0.185 e. The van der Waals surface area contributed by atoms with Crippen molar-refractivity contribution in [3.63, 3.8) is 0 Å². The smallest absolute Gasteiger partial charge is 0.185 e. The van der Waals surface area contributed by atoms with Gasteiger partial charge in [0, 0.05) is 19.7 Å². The highest BCUT2D eigenvalue weighted by Gasteiger charge is 2.13. The molecule has 2 aromatic heterocycles. The summed E-state index contributed by atoms with van der Waals surface area (Å²) in [6.45, 7) is 2.50. The van der Waals surface area contributed by atoms with Crippen LogP contribution < -0.4 is 14.8 Å². The lowest BCUT2D eigenvalue weighted by atomic mass is 10.3. The van der Waals surface area contributed by atoms with E-state index in [-0.39, 0.29) is 6.61 Å². The van der Waals surface area contributed by atoms with Crippen molar-refractivity contribution in [1.29, 1.82) is 0 Å². The van der Waals surface area contributed by atoms with E-state index in [2.05, 4.69) is 15.4 Å². The molecule has 8 heteroatoms. The molecule has 3 rings (SSSR count). The second-order valence-electron chi connectivity index (χ2n) is 5.41. The van der Waals surface area contributed by atoms with Crippen molar-refractivity contribution < 1.29 is 14.6 Å². The van der Waals surface area contributed by atoms with E-state index in [0.717, 1.165) is 26.9 Å². The molecule has 0 aliphatic heterocycles. The van der Waals surface area contributed by atoms with Gasteiger partial charge in [-0.2, -0.15) is 5.10 Å². The maximum atomic E-state index is 10.1. The van der Waals surface area contributed by atoms with Gasteiger partial charge in [0.2, 0.25) is 0 Å². The third kappa shape index (κ3) is 3.60. The molecule has 128 valence electrons. The van der Waals surface area contributed by atoms with Gasteiger partial charge in [0.25, 0.3) is 0 Å². The van der Waals surface area contributed by atoms with Gasteiger partial charge in [0.05, 0.1) is 17.5 Å². The molecule has 3 aromatic rings. The zero-order chi connectivity index (χ0) is 17.1. The Morgan fingerprint density at radius 1 is 1.38 bits per heavy atom. The molecule has 2 heterocycles. The van der Waals surface area contributed by atoms with E-state index in [4.69, 9.17) is 9.47 Å². The number of aliphatic hydroxyl groups excluding tert-OH is 1. The molecule has 0 spiro atoms. The Balaban J connectivity index is 1.52. The van der Waals surface area contributed by atoms with Crippen LogP contribution >= 0.6 is 11.3 Å². The van der Waals surface area contributed by atoms with Gasteiger partial charge in [0.15, 0.2) is 10.8 Å². The number of methoxy groups -OCH3 is 1. The van der Waals surface area contributed by atoms with Crippen LogP contribution in [0.1, 0.15) is 5.69 Å². The molecule has 0 bridgehead atoms. The second-order valence-corrected chi connectivity index (χ2v) is 6.40. The minimum absolute atomic E-state index is 0.186. The summed E-state index contributed by atoms with van der Waals surface area (Å²) in [6, 6.07) is 7.29. The minimum Gasteiger partial charge on any atom is -0.497 e. The Hall–Kier alpha value is -2.32. The van der Waals surface area contributed by atoms with Crippen molar-refractivity contribution in [3.05, 3.63) is 30.0 Å². The number of nitrogens with zero attached hydrogens (tertiary/aromatic N) is 3. The van der Waals surface area contributed by atoms with Crippen LogP contribution in [0.4, 0.5) is 5.13 Å². The normalized spacial score (nSPS) is 12.3. The van der Waals surface area contributed by atoms with Gasteiger partial charge in [-0.3, -0.25) is 0 Å². The molecule has 24 heavy (non-hydrogen) atoms. The largest absolute Gasteiger partial charge is 0.497 e. The highest BCUT2D eigenvalue weighted by Crippen LogP contribution is 2.28. The summed E-state index contributed by atoms with van der Waals surface area (Å²) in [4.78, 5) is 4.49. The Kier molecular flexibility index (Phi) is 4.86. The van der Waals surface area contributed by atoms with Crippen molar-refractivity contribution in [3.8, 4) is 11.5 Å². The van der Waals surface area contributed by atoms with Crippen LogP contribution in [0.5, 0.6) is 11.5 Å². The third-order valence-electron chi connectivity index (χ3n) is 3.52. The average Bonchev–Trinajstić information content (AvgIpc) is 3.12. The minimum atomic E-state index is -0.651. The first kappa shape index (κ1) is 16.5. The van der Waals surface area contributed by atoms with E-state index in [1.807, 2.05) is 32.2 Å². The molecule has 0 saturated carbocycles. The first-order valence-electron chi connectivity index (χ1n) is 7.55. The van der Waals surface area contributed by atoms with Gasteiger partial charge in [-0.15, -0.1) is 0 Å². The van der Waals surface area contributed by atoms with Crippen LogP contribution in [-0.2, 0) is 7.05 Å². The van der Waals surface area contributed by atoms with E-state index < -0.39 is 6.10 Å². The molecule has 0 amide bonds. The maximum absolute atomic E-state index is 10.1. The molecule has 2 N–H and O–H groups in total. The van der Waals surface area contributed by atoms with Crippen LogP contribution in [-0.4, -0.2) is 46.2 Å². The predicted molar refractivity (Wildman–Crippen MR) is 94.1 cm³/mol. The Morgan fingerprint density at radius 3 is 2.92 bits per heavy atom. The number of thiazole rings is 1. The predicted octanol–water partition coefficient (Wildman–Crippen LogP) is 2.20. The molecular formula is C16H20N4O3S. The van der Waals surface area contributed by atoms with Crippen LogP contribution in [0.15, 0.2) is 24.3 Å². The van der Waals surface area contributed by atoms with Gasteiger partial charge in [0.1, 0.15) is 24.2 Å². The summed E-state index contributed by atoms with van der Waals surface area (Å²) >= 11 is 1.53. The first-order chi connectivity index (χ1) is 11.6. The summed E-state index contributed by atoms with van der Waals surface area (Å²) in [5, 5.41) is 18.3. The van der Waals surface area contributed by atoms with Crippen LogP contribution in [0.2, 0.25) is 0 Å². The van der Waals surface area contributed by atoms with E-state index in [1.54, 1.807) is 17.9 Å². The number of benzene rings is 1. The number of ether oxygens (including phenoxy) is 2. The van der Waals surface area contributed by atoms with Crippen LogP contribution in [0, 0.1) is 6.92 Å². The number of hydrogen-bond acceptors (Lipinski definition) is 7. The monoisotopic (exact) mass is 348 g/mol. The van der Waals surface area contributed by atoms with Gasteiger partial charge in [-0.25, -0.2) is 9.67 Å². The first-order valence-corrected chi connectivity index (χ1v) is 8.37. The number of nitrogens with one attached hydrogen (secondary N) is 1. The Morgan fingerprint density at radius 2 is 2.17 bits per heavy atom. The Labute approximate surface area is 143 Å². The summed E-state index contributed by atoms with van der Waals surface area (Å²) in [7, 11) is 3.47. The Bertz CT molecular complexity index is 795. The molecule has 0 fully saturated rings. The fourth-order valence-electron chi connectivity index (χ4n) is 2.31. The van der Waals surface area contributed by atoms with Gasteiger partial charge < -0.3 is 19.9 Å². The fraction of sp³-hybridized carbons (Fsp3) is 0.375.